The number of nitrogens with zero attached hydrogens (tertiary/aromatic N) is 4. The SMILES string of the molecule is [C-]#[N+]c1ccc(N2CC(Oc3cc([C@@H]4CN(C(=O)[C@@H](O)CO)C[C@@]4(C)[C@@H](C)O)ccc3OC)C2)nc1C. The van der Waals surface area contributed by atoms with Crippen LogP contribution in [0, 0.1) is 18.9 Å². The summed E-state index contributed by atoms with van der Waals surface area (Å²) < 4.78 is 11.8. The summed E-state index contributed by atoms with van der Waals surface area (Å²) in [5.41, 5.74) is 1.46. The van der Waals surface area contributed by atoms with Gasteiger partial charge in [-0.25, -0.2) is 9.83 Å². The predicted molar refractivity (Wildman–Crippen MR) is 137 cm³/mol. The lowest BCUT2D eigenvalue weighted by Gasteiger charge is -2.40. The highest BCUT2D eigenvalue weighted by Crippen LogP contribution is 2.47. The fraction of sp³-hybridized carbons (Fsp3) is 0.519. The molecule has 4 atom stereocenters. The van der Waals surface area contributed by atoms with E-state index in [1.165, 1.54) is 4.90 Å². The zero-order chi connectivity index (χ0) is 26.9. The summed E-state index contributed by atoms with van der Waals surface area (Å²) in [7, 11) is 1.58. The highest BCUT2D eigenvalue weighted by molar-refractivity contribution is 5.81. The Morgan fingerprint density at radius 1 is 1.24 bits per heavy atom. The third kappa shape index (κ3) is 5.07. The number of aromatic nitrogens is 1. The van der Waals surface area contributed by atoms with Gasteiger partial charge in [-0.15, -0.1) is 0 Å². The molecule has 2 aliphatic heterocycles. The first kappa shape index (κ1) is 26.7. The molecule has 0 spiro atoms. The standard InChI is InChI=1S/C27H34N4O6/c1-16-21(28-4)7-9-25(29-16)30-11-19(12-30)37-24-10-18(6-8-23(24)36-5)20-13-31(26(35)22(34)14-32)15-27(20,3)17(2)33/h6-10,17,19-20,22,32-34H,11-15H2,1-3,5H3/t17-,20+,22+,27+/m1/s1. The van der Waals surface area contributed by atoms with Crippen molar-refractivity contribution in [1.29, 1.82) is 0 Å². The van der Waals surface area contributed by atoms with Crippen molar-refractivity contribution < 1.29 is 29.6 Å². The van der Waals surface area contributed by atoms with Crippen LogP contribution >= 0.6 is 0 Å². The number of anilines is 1. The lowest BCUT2D eigenvalue weighted by molar-refractivity contribution is -0.141. The van der Waals surface area contributed by atoms with Gasteiger partial charge in [-0.3, -0.25) is 4.79 Å². The molecule has 198 valence electrons. The summed E-state index contributed by atoms with van der Waals surface area (Å²) >= 11 is 0. The molecule has 2 saturated heterocycles. The molecule has 10 heteroatoms. The Balaban J connectivity index is 1.52. The first-order chi connectivity index (χ1) is 17.6. The number of aliphatic hydroxyl groups is 3. The van der Waals surface area contributed by atoms with E-state index in [9.17, 15) is 20.1 Å². The molecule has 2 aromatic rings. The molecule has 3 heterocycles. The zero-order valence-corrected chi connectivity index (χ0v) is 21.6. The summed E-state index contributed by atoms with van der Waals surface area (Å²) in [5, 5.41) is 29.8. The number of hydrogen-bond acceptors (Lipinski definition) is 8. The zero-order valence-electron chi connectivity index (χ0n) is 21.6. The van der Waals surface area contributed by atoms with Crippen molar-refractivity contribution in [3.63, 3.8) is 0 Å². The molecule has 37 heavy (non-hydrogen) atoms. The van der Waals surface area contributed by atoms with Crippen LogP contribution in [0.25, 0.3) is 4.85 Å². The van der Waals surface area contributed by atoms with Gasteiger partial charge in [-0.1, -0.05) is 19.1 Å². The van der Waals surface area contributed by atoms with E-state index in [4.69, 9.17) is 16.0 Å². The maximum atomic E-state index is 12.6. The Kier molecular flexibility index (Phi) is 7.59. The number of hydrogen-bond donors (Lipinski definition) is 3. The number of benzene rings is 1. The molecule has 4 rings (SSSR count). The van der Waals surface area contributed by atoms with Crippen LogP contribution in [0.5, 0.6) is 11.5 Å². The minimum absolute atomic E-state index is 0.0868. The normalized spacial score (nSPS) is 23.2. The second-order valence-corrected chi connectivity index (χ2v) is 10.1. The quantitative estimate of drug-likeness (QED) is 0.461. The third-order valence-electron chi connectivity index (χ3n) is 7.67. The van der Waals surface area contributed by atoms with Crippen molar-refractivity contribution in [2.24, 2.45) is 5.41 Å². The van der Waals surface area contributed by atoms with Crippen LogP contribution in [-0.4, -0.2) is 89.3 Å². The van der Waals surface area contributed by atoms with E-state index in [2.05, 4.69) is 14.7 Å². The van der Waals surface area contributed by atoms with Gasteiger partial charge < -0.3 is 34.6 Å². The lowest BCUT2D eigenvalue weighted by Crippen LogP contribution is -2.54. The van der Waals surface area contributed by atoms with Gasteiger partial charge in [0, 0.05) is 30.1 Å². The molecule has 1 aromatic carbocycles. The van der Waals surface area contributed by atoms with Gasteiger partial charge in [0.25, 0.3) is 5.91 Å². The number of ether oxygens (including phenoxy) is 2. The van der Waals surface area contributed by atoms with Gasteiger partial charge in [-0.2, -0.15) is 0 Å². The average molecular weight is 511 g/mol. The van der Waals surface area contributed by atoms with Crippen LogP contribution in [0.2, 0.25) is 0 Å². The van der Waals surface area contributed by atoms with Crippen LogP contribution in [-0.2, 0) is 4.79 Å². The Labute approximate surface area is 216 Å². The minimum Gasteiger partial charge on any atom is -0.493 e. The molecular formula is C27H34N4O6. The van der Waals surface area contributed by atoms with Crippen LogP contribution in [0.15, 0.2) is 30.3 Å². The van der Waals surface area contributed by atoms with Crippen LogP contribution < -0.4 is 14.4 Å². The van der Waals surface area contributed by atoms with Crippen molar-refractivity contribution in [2.75, 3.05) is 44.8 Å². The average Bonchev–Trinajstić information content (AvgIpc) is 3.23. The highest BCUT2D eigenvalue weighted by Gasteiger charge is 2.49. The van der Waals surface area contributed by atoms with E-state index >= 15 is 0 Å². The topological polar surface area (TPSA) is 120 Å². The Hall–Kier alpha value is -3.39. The molecule has 0 aliphatic carbocycles. The van der Waals surface area contributed by atoms with Crippen molar-refractivity contribution in [3.05, 3.63) is 53.0 Å². The molecule has 1 aromatic heterocycles. The largest absolute Gasteiger partial charge is 0.493 e. The monoisotopic (exact) mass is 510 g/mol. The van der Waals surface area contributed by atoms with E-state index in [0.717, 1.165) is 11.4 Å². The Bertz CT molecular complexity index is 1190. The van der Waals surface area contributed by atoms with Gasteiger partial charge >= 0.3 is 0 Å². The highest BCUT2D eigenvalue weighted by atomic mass is 16.5. The number of rotatable bonds is 8. The van der Waals surface area contributed by atoms with Gasteiger partial charge in [0.1, 0.15) is 11.9 Å². The van der Waals surface area contributed by atoms with E-state index in [-0.39, 0.29) is 18.6 Å². The number of aliphatic hydroxyl groups excluding tert-OH is 3. The number of methoxy groups -OCH3 is 1. The molecule has 0 unspecified atom stereocenters. The summed E-state index contributed by atoms with van der Waals surface area (Å²) in [5.74, 6) is 1.19. The number of pyridine rings is 1. The number of carbonyl (C=O) groups excluding carboxylic acids is 1. The molecule has 10 nitrogen and oxygen atoms in total. The Morgan fingerprint density at radius 3 is 2.57 bits per heavy atom. The Morgan fingerprint density at radius 2 is 1.97 bits per heavy atom. The second kappa shape index (κ2) is 10.5. The number of likely N-dealkylation sites (tertiary alicyclic amines) is 1. The van der Waals surface area contributed by atoms with E-state index in [0.29, 0.717) is 42.5 Å². The lowest BCUT2D eigenvalue weighted by atomic mass is 9.72. The van der Waals surface area contributed by atoms with Crippen LogP contribution in [0.3, 0.4) is 0 Å². The molecule has 0 radical (unpaired) electrons. The minimum atomic E-state index is -1.48. The van der Waals surface area contributed by atoms with Gasteiger partial charge in [0.05, 0.1) is 39.5 Å². The van der Waals surface area contributed by atoms with E-state index in [1.54, 1.807) is 20.1 Å². The summed E-state index contributed by atoms with van der Waals surface area (Å²) in [6.07, 6.45) is -2.29. The fourth-order valence-electron chi connectivity index (χ4n) is 5.10. The van der Waals surface area contributed by atoms with Crippen LogP contribution in [0.4, 0.5) is 11.5 Å². The van der Waals surface area contributed by atoms with Crippen molar-refractivity contribution in [3.8, 4) is 11.5 Å². The van der Waals surface area contributed by atoms with Crippen molar-refractivity contribution in [2.45, 2.75) is 45.0 Å². The maximum absolute atomic E-state index is 12.6. The maximum Gasteiger partial charge on any atom is 0.253 e. The van der Waals surface area contributed by atoms with Crippen molar-refractivity contribution >= 4 is 17.4 Å². The first-order valence-corrected chi connectivity index (χ1v) is 12.3. The van der Waals surface area contributed by atoms with Gasteiger partial charge in [0.2, 0.25) is 5.69 Å². The first-order valence-electron chi connectivity index (χ1n) is 12.3. The number of aryl methyl sites for hydroxylation is 1. The predicted octanol–water partition coefficient (Wildman–Crippen LogP) is 1.88. The molecule has 2 fully saturated rings. The number of amides is 1. The summed E-state index contributed by atoms with van der Waals surface area (Å²) in [6.45, 7) is 13.8. The number of carbonyl (C=O) groups is 1. The smallest absolute Gasteiger partial charge is 0.253 e. The van der Waals surface area contributed by atoms with Gasteiger partial charge in [0.15, 0.2) is 17.6 Å². The summed E-state index contributed by atoms with van der Waals surface area (Å²) in [6, 6.07) is 9.25. The van der Waals surface area contributed by atoms with Gasteiger partial charge in [-0.05, 0) is 37.6 Å². The molecular weight excluding hydrogens is 476 g/mol. The van der Waals surface area contributed by atoms with E-state index < -0.39 is 30.1 Å². The van der Waals surface area contributed by atoms with Crippen LogP contribution in [0.1, 0.15) is 31.0 Å². The molecule has 1 amide bonds. The fourth-order valence-corrected chi connectivity index (χ4v) is 5.10. The molecule has 0 bridgehead atoms. The molecule has 3 N–H and O–H groups in total. The van der Waals surface area contributed by atoms with E-state index in [1.807, 2.05) is 38.1 Å². The van der Waals surface area contributed by atoms with Crippen molar-refractivity contribution in [1.82, 2.24) is 9.88 Å². The molecule has 2 aliphatic rings. The second-order valence-electron chi connectivity index (χ2n) is 10.1. The third-order valence-corrected chi connectivity index (χ3v) is 7.67. The summed E-state index contributed by atoms with van der Waals surface area (Å²) in [4.78, 5) is 24.2. The molecule has 0 saturated carbocycles.